The number of halogens is 6. The van der Waals surface area contributed by atoms with Crippen molar-refractivity contribution in [3.63, 3.8) is 0 Å². The van der Waals surface area contributed by atoms with E-state index in [-0.39, 0.29) is 58.1 Å². The van der Waals surface area contributed by atoms with Gasteiger partial charge < -0.3 is 0 Å². The third-order valence-electron chi connectivity index (χ3n) is 3.67. The van der Waals surface area contributed by atoms with E-state index in [2.05, 4.69) is 4.98 Å². The van der Waals surface area contributed by atoms with Gasteiger partial charge in [0, 0.05) is 33.6 Å². The predicted octanol–water partition coefficient (Wildman–Crippen LogP) is 8.24. The molecule has 4 nitrogen and oxygen atoms in total. The molecule has 0 atom stereocenters. The molecule has 138 valence electrons. The second-order valence-electron chi connectivity index (χ2n) is 5.34. The molecule has 0 unspecified atom stereocenters. The van der Waals surface area contributed by atoms with E-state index in [0.29, 0.717) is 0 Å². The summed E-state index contributed by atoms with van der Waals surface area (Å²) in [7, 11) is 0. The molecule has 0 radical (unpaired) electrons. The Morgan fingerprint density at radius 2 is 1.11 bits per heavy atom. The minimum atomic E-state index is -0.567. The molecule has 0 aliphatic carbocycles. The molecule has 1 aromatic heterocycles. The Labute approximate surface area is 183 Å². The second kappa shape index (κ2) is 8.00. The molecule has 0 amide bonds. The lowest BCUT2D eigenvalue weighted by atomic mass is 9.99. The van der Waals surface area contributed by atoms with Crippen LogP contribution in [0.4, 0.5) is 5.69 Å². The second-order valence-corrected chi connectivity index (χ2v) is 7.78. The number of nitrogens with zero attached hydrogens (tertiary/aromatic N) is 2. The normalized spacial score (nSPS) is 10.9. The first-order valence-electron chi connectivity index (χ1n) is 7.13. The first-order chi connectivity index (χ1) is 12.7. The van der Waals surface area contributed by atoms with Crippen LogP contribution in [0.3, 0.4) is 0 Å². The Morgan fingerprint density at radius 3 is 1.48 bits per heavy atom. The van der Waals surface area contributed by atoms with Gasteiger partial charge in [-0.25, -0.2) is 0 Å². The van der Waals surface area contributed by atoms with Gasteiger partial charge in [-0.3, -0.25) is 15.1 Å². The van der Waals surface area contributed by atoms with Gasteiger partial charge in [-0.1, -0.05) is 69.6 Å². The quantitative estimate of drug-likeness (QED) is 0.214. The molecule has 0 bridgehead atoms. The summed E-state index contributed by atoms with van der Waals surface area (Å²) in [6.07, 6.45) is 2.60. The SMILES string of the molecule is O=[N+]([O-])c1c(-c2cc(Cl)cc(Cl)c2Cl)cncc1-c1cc(Cl)cc(Cl)c1Cl. The van der Waals surface area contributed by atoms with E-state index in [1.165, 1.54) is 36.7 Å². The van der Waals surface area contributed by atoms with Gasteiger partial charge in [-0.15, -0.1) is 0 Å². The fourth-order valence-electron chi connectivity index (χ4n) is 2.55. The maximum Gasteiger partial charge on any atom is 0.288 e. The van der Waals surface area contributed by atoms with Crippen molar-refractivity contribution in [1.82, 2.24) is 4.98 Å². The predicted molar refractivity (Wildman–Crippen MR) is 112 cm³/mol. The first-order valence-corrected chi connectivity index (χ1v) is 9.39. The maximum absolute atomic E-state index is 11.9. The van der Waals surface area contributed by atoms with Crippen LogP contribution in [0, 0.1) is 10.1 Å². The molecule has 0 saturated heterocycles. The van der Waals surface area contributed by atoms with Gasteiger partial charge in [0.15, 0.2) is 0 Å². The number of aromatic nitrogens is 1. The van der Waals surface area contributed by atoms with E-state index in [0.717, 1.165) is 0 Å². The zero-order valence-electron chi connectivity index (χ0n) is 12.9. The number of nitro groups is 1. The minimum Gasteiger partial charge on any atom is -0.263 e. The maximum atomic E-state index is 11.9. The molecule has 0 N–H and O–H groups in total. The lowest BCUT2D eigenvalue weighted by Gasteiger charge is -2.12. The average Bonchev–Trinajstić information content (AvgIpc) is 2.60. The Hall–Kier alpha value is -1.27. The molecule has 10 heteroatoms. The van der Waals surface area contributed by atoms with Crippen LogP contribution in [0.2, 0.25) is 30.1 Å². The lowest BCUT2D eigenvalue weighted by Crippen LogP contribution is -1.98. The molecular formula is C17H6Cl6N2O2. The summed E-state index contributed by atoms with van der Waals surface area (Å²) in [4.78, 5) is 15.4. The third-order valence-corrected chi connectivity index (χ3v) is 5.71. The Bertz CT molecular complexity index is 1010. The third kappa shape index (κ3) is 3.97. The van der Waals surface area contributed by atoms with E-state index in [4.69, 9.17) is 69.6 Å². The summed E-state index contributed by atoms with van der Waals surface area (Å²) in [5.74, 6) is 0. The minimum absolute atomic E-state index is 0.110. The lowest BCUT2D eigenvalue weighted by molar-refractivity contribution is -0.383. The zero-order valence-corrected chi connectivity index (χ0v) is 17.5. The van der Waals surface area contributed by atoms with E-state index >= 15 is 0 Å². The van der Waals surface area contributed by atoms with E-state index in [1.54, 1.807) is 0 Å². The van der Waals surface area contributed by atoms with Crippen LogP contribution >= 0.6 is 69.6 Å². The first kappa shape index (κ1) is 20.5. The Kier molecular flexibility index (Phi) is 6.06. The molecule has 0 saturated carbocycles. The molecule has 3 rings (SSSR count). The molecule has 0 aliphatic heterocycles. The summed E-state index contributed by atoms with van der Waals surface area (Å²) in [6.45, 7) is 0. The molecule has 27 heavy (non-hydrogen) atoms. The topological polar surface area (TPSA) is 56.0 Å². The highest BCUT2D eigenvalue weighted by molar-refractivity contribution is 6.46. The van der Waals surface area contributed by atoms with Crippen molar-refractivity contribution in [2.24, 2.45) is 0 Å². The van der Waals surface area contributed by atoms with Gasteiger partial charge in [0.2, 0.25) is 0 Å². The molecule has 3 aromatic rings. The molecule has 2 aromatic carbocycles. The van der Waals surface area contributed by atoms with Crippen molar-refractivity contribution < 1.29 is 4.92 Å². The van der Waals surface area contributed by atoms with Gasteiger partial charge >= 0.3 is 0 Å². The number of pyridine rings is 1. The Balaban J connectivity index is 2.39. The Morgan fingerprint density at radius 1 is 0.704 bits per heavy atom. The standard InChI is InChI=1S/C17H6Cl6N2O2/c18-7-1-9(15(22)13(20)3-7)11-5-24-6-12(17(11)25(26)27)10-2-8(19)4-14(21)16(10)23/h1-6H. The zero-order chi connectivity index (χ0) is 19.9. The van der Waals surface area contributed by atoms with Crippen LogP contribution in [0.25, 0.3) is 22.3 Å². The monoisotopic (exact) mass is 480 g/mol. The van der Waals surface area contributed by atoms with Crippen LogP contribution in [-0.4, -0.2) is 9.91 Å². The van der Waals surface area contributed by atoms with Crippen molar-refractivity contribution in [2.75, 3.05) is 0 Å². The molecule has 0 fully saturated rings. The van der Waals surface area contributed by atoms with Gasteiger partial charge in [-0.05, 0) is 24.3 Å². The summed E-state index contributed by atoms with van der Waals surface area (Å²) in [5, 5.41) is 13.0. The molecule has 0 aliphatic rings. The van der Waals surface area contributed by atoms with Crippen molar-refractivity contribution in [3.8, 4) is 22.3 Å². The largest absolute Gasteiger partial charge is 0.288 e. The van der Waals surface area contributed by atoms with Crippen molar-refractivity contribution in [2.45, 2.75) is 0 Å². The fourth-order valence-corrected chi connectivity index (χ4v) is 3.96. The molecule has 1 heterocycles. The van der Waals surface area contributed by atoms with Gasteiger partial charge in [0.25, 0.3) is 5.69 Å². The van der Waals surface area contributed by atoms with Gasteiger partial charge in [0.1, 0.15) is 0 Å². The van der Waals surface area contributed by atoms with Crippen LogP contribution in [0.1, 0.15) is 0 Å². The van der Waals surface area contributed by atoms with Crippen LogP contribution in [-0.2, 0) is 0 Å². The van der Waals surface area contributed by atoms with Gasteiger partial charge in [-0.2, -0.15) is 0 Å². The number of rotatable bonds is 3. The number of hydrogen-bond donors (Lipinski definition) is 0. The smallest absolute Gasteiger partial charge is 0.263 e. The number of hydrogen-bond acceptors (Lipinski definition) is 3. The summed E-state index contributed by atoms with van der Waals surface area (Å²) in [6, 6.07) is 5.81. The van der Waals surface area contributed by atoms with E-state index in [9.17, 15) is 10.1 Å². The van der Waals surface area contributed by atoms with Crippen molar-refractivity contribution in [1.29, 1.82) is 0 Å². The van der Waals surface area contributed by atoms with E-state index < -0.39 is 4.92 Å². The summed E-state index contributed by atoms with van der Waals surface area (Å²) >= 11 is 36.7. The highest BCUT2D eigenvalue weighted by Gasteiger charge is 2.27. The summed E-state index contributed by atoms with van der Waals surface area (Å²) in [5.41, 5.74) is 0.488. The van der Waals surface area contributed by atoms with Crippen LogP contribution in [0.15, 0.2) is 36.7 Å². The highest BCUT2D eigenvalue weighted by atomic mass is 35.5. The fraction of sp³-hybridized carbons (Fsp3) is 0. The summed E-state index contributed by atoms with van der Waals surface area (Å²) < 4.78 is 0. The molecule has 0 spiro atoms. The van der Waals surface area contributed by atoms with Crippen molar-refractivity contribution in [3.05, 3.63) is 76.9 Å². The van der Waals surface area contributed by atoms with Gasteiger partial charge in [0.05, 0.1) is 36.1 Å². The van der Waals surface area contributed by atoms with Crippen molar-refractivity contribution >= 4 is 75.3 Å². The van der Waals surface area contributed by atoms with Crippen LogP contribution in [0.5, 0.6) is 0 Å². The average molecular weight is 483 g/mol. The van der Waals surface area contributed by atoms with E-state index in [1.807, 2.05) is 0 Å². The number of benzene rings is 2. The van der Waals surface area contributed by atoms with Crippen LogP contribution < -0.4 is 0 Å². The highest BCUT2D eigenvalue weighted by Crippen LogP contribution is 2.46. The molecular weight excluding hydrogens is 477 g/mol.